The molecule has 1 aromatic carbocycles. The van der Waals surface area contributed by atoms with E-state index in [1.165, 1.54) is 0 Å². The van der Waals surface area contributed by atoms with Crippen LogP contribution in [0.25, 0.3) is 0 Å². The third-order valence-electron chi connectivity index (χ3n) is 3.14. The van der Waals surface area contributed by atoms with Gasteiger partial charge in [-0.05, 0) is 24.1 Å². The molecule has 0 saturated carbocycles. The first-order chi connectivity index (χ1) is 7.97. The molecular weight excluding hydrogens is 240 g/mol. The van der Waals surface area contributed by atoms with E-state index in [1.807, 2.05) is 26.8 Å². The molecule has 3 nitrogen and oxygen atoms in total. The molecule has 0 spiro atoms. The summed E-state index contributed by atoms with van der Waals surface area (Å²) in [5.74, 6) is 1.33. The number of benzene rings is 1. The number of rotatable bonds is 2. The van der Waals surface area contributed by atoms with Gasteiger partial charge in [-0.1, -0.05) is 25.4 Å². The molecule has 1 N–H and O–H groups in total. The summed E-state index contributed by atoms with van der Waals surface area (Å²) in [5, 5.41) is 10.00. The lowest BCUT2D eigenvalue weighted by atomic mass is 9.82. The van der Waals surface area contributed by atoms with Gasteiger partial charge in [0.15, 0.2) is 11.5 Å². The largest absolute Gasteiger partial charge is 0.486 e. The van der Waals surface area contributed by atoms with Gasteiger partial charge in [-0.25, -0.2) is 0 Å². The summed E-state index contributed by atoms with van der Waals surface area (Å²) in [6.07, 6.45) is 0. The Kier molecular flexibility index (Phi) is 3.23. The second-order valence-corrected chi connectivity index (χ2v) is 5.34. The van der Waals surface area contributed by atoms with Crippen LogP contribution in [0.3, 0.4) is 0 Å². The van der Waals surface area contributed by atoms with Crippen LogP contribution in [0.15, 0.2) is 6.07 Å². The Balaban J connectivity index is 2.60. The maximum atomic E-state index is 9.45. The van der Waals surface area contributed by atoms with Crippen LogP contribution in [0.1, 0.15) is 25.0 Å². The molecule has 17 heavy (non-hydrogen) atoms. The average Bonchev–Trinajstić information content (AvgIpc) is 2.33. The summed E-state index contributed by atoms with van der Waals surface area (Å²) in [6, 6.07) is 1.86. The van der Waals surface area contributed by atoms with Gasteiger partial charge in [-0.3, -0.25) is 0 Å². The fraction of sp³-hybridized carbons (Fsp3) is 0.538. The van der Waals surface area contributed by atoms with Gasteiger partial charge < -0.3 is 14.6 Å². The number of aliphatic hydroxyl groups is 1. The van der Waals surface area contributed by atoms with Crippen LogP contribution >= 0.6 is 11.6 Å². The van der Waals surface area contributed by atoms with Crippen molar-refractivity contribution in [3.05, 3.63) is 22.2 Å². The Morgan fingerprint density at radius 1 is 1.29 bits per heavy atom. The van der Waals surface area contributed by atoms with E-state index in [9.17, 15) is 5.11 Å². The molecule has 0 atom stereocenters. The van der Waals surface area contributed by atoms with Crippen molar-refractivity contribution in [2.45, 2.75) is 26.2 Å². The van der Waals surface area contributed by atoms with Crippen LogP contribution in [-0.2, 0) is 5.41 Å². The zero-order valence-electron chi connectivity index (χ0n) is 10.3. The number of hydrogen-bond donors (Lipinski definition) is 1. The fourth-order valence-corrected chi connectivity index (χ4v) is 2.33. The van der Waals surface area contributed by atoms with Crippen LogP contribution in [0, 0.1) is 6.92 Å². The van der Waals surface area contributed by atoms with Crippen molar-refractivity contribution in [1.82, 2.24) is 0 Å². The van der Waals surface area contributed by atoms with Crippen LogP contribution in [0.5, 0.6) is 11.5 Å². The van der Waals surface area contributed by atoms with E-state index in [1.54, 1.807) is 0 Å². The minimum atomic E-state index is -0.344. The number of aliphatic hydroxyl groups excluding tert-OH is 1. The van der Waals surface area contributed by atoms with E-state index in [4.69, 9.17) is 21.1 Å². The summed E-state index contributed by atoms with van der Waals surface area (Å²) >= 11 is 6.20. The van der Waals surface area contributed by atoms with Crippen molar-refractivity contribution in [1.29, 1.82) is 0 Å². The summed E-state index contributed by atoms with van der Waals surface area (Å²) < 4.78 is 11.1. The zero-order chi connectivity index (χ0) is 12.6. The van der Waals surface area contributed by atoms with Gasteiger partial charge in [0.05, 0.1) is 11.6 Å². The lowest BCUT2D eigenvalue weighted by molar-refractivity contribution is 0.169. The lowest BCUT2D eigenvalue weighted by Gasteiger charge is -2.29. The molecule has 2 rings (SSSR count). The summed E-state index contributed by atoms with van der Waals surface area (Å²) in [5.41, 5.74) is 1.64. The Hall–Kier alpha value is -0.930. The Labute approximate surface area is 106 Å². The standard InChI is InChI=1S/C13H17ClO3/c1-8-9(13(2,3)7-15)6-10(14)12-11(8)16-4-5-17-12/h6,15H,4-5,7H2,1-3H3. The van der Waals surface area contributed by atoms with Gasteiger partial charge in [-0.15, -0.1) is 0 Å². The van der Waals surface area contributed by atoms with Crippen molar-refractivity contribution in [2.24, 2.45) is 0 Å². The Bertz CT molecular complexity index is 441. The maximum absolute atomic E-state index is 9.45. The van der Waals surface area contributed by atoms with Crippen molar-refractivity contribution >= 4 is 11.6 Å². The molecular formula is C13H17ClO3. The number of ether oxygens (including phenoxy) is 2. The molecule has 0 aliphatic carbocycles. The number of halogens is 1. The van der Waals surface area contributed by atoms with Gasteiger partial charge in [0, 0.05) is 5.41 Å². The predicted molar refractivity (Wildman–Crippen MR) is 67.3 cm³/mol. The van der Waals surface area contributed by atoms with E-state index < -0.39 is 0 Å². The van der Waals surface area contributed by atoms with E-state index in [0.29, 0.717) is 29.7 Å². The molecule has 94 valence electrons. The molecule has 1 aliphatic rings. The quantitative estimate of drug-likeness (QED) is 0.884. The highest BCUT2D eigenvalue weighted by Crippen LogP contribution is 2.44. The minimum absolute atomic E-state index is 0.0593. The smallest absolute Gasteiger partial charge is 0.180 e. The Morgan fingerprint density at radius 2 is 1.88 bits per heavy atom. The molecule has 0 aromatic heterocycles. The van der Waals surface area contributed by atoms with Gasteiger partial charge >= 0.3 is 0 Å². The molecule has 0 radical (unpaired) electrons. The first kappa shape index (κ1) is 12.5. The predicted octanol–water partition coefficient (Wildman–Crippen LogP) is 2.69. The summed E-state index contributed by atoms with van der Waals surface area (Å²) in [6.45, 7) is 7.03. The van der Waals surface area contributed by atoms with Gasteiger partial charge in [0.1, 0.15) is 13.2 Å². The maximum Gasteiger partial charge on any atom is 0.180 e. The SMILES string of the molecule is Cc1c(C(C)(C)CO)cc(Cl)c2c1OCCO2. The average molecular weight is 257 g/mol. The normalized spacial score (nSPS) is 14.9. The molecule has 1 aromatic rings. The van der Waals surface area contributed by atoms with E-state index in [2.05, 4.69) is 0 Å². The summed E-state index contributed by atoms with van der Waals surface area (Å²) in [7, 11) is 0. The molecule has 0 unspecified atom stereocenters. The van der Waals surface area contributed by atoms with Crippen molar-refractivity contribution in [3.8, 4) is 11.5 Å². The highest BCUT2D eigenvalue weighted by molar-refractivity contribution is 6.32. The van der Waals surface area contributed by atoms with Gasteiger partial charge in [0.2, 0.25) is 0 Å². The molecule has 0 saturated heterocycles. The topological polar surface area (TPSA) is 38.7 Å². The molecule has 0 amide bonds. The van der Waals surface area contributed by atoms with Gasteiger partial charge in [-0.2, -0.15) is 0 Å². The first-order valence-corrected chi connectivity index (χ1v) is 6.05. The second-order valence-electron chi connectivity index (χ2n) is 4.93. The lowest BCUT2D eigenvalue weighted by Crippen LogP contribution is -2.25. The van der Waals surface area contributed by atoms with Crippen LogP contribution in [0.4, 0.5) is 0 Å². The zero-order valence-corrected chi connectivity index (χ0v) is 11.1. The van der Waals surface area contributed by atoms with Crippen molar-refractivity contribution in [3.63, 3.8) is 0 Å². The van der Waals surface area contributed by atoms with Crippen LogP contribution in [-0.4, -0.2) is 24.9 Å². The van der Waals surface area contributed by atoms with E-state index >= 15 is 0 Å². The van der Waals surface area contributed by atoms with Gasteiger partial charge in [0.25, 0.3) is 0 Å². The molecule has 0 fully saturated rings. The van der Waals surface area contributed by atoms with E-state index in [-0.39, 0.29) is 12.0 Å². The molecule has 1 heterocycles. The highest BCUT2D eigenvalue weighted by atomic mass is 35.5. The Morgan fingerprint density at radius 3 is 2.47 bits per heavy atom. The van der Waals surface area contributed by atoms with Crippen LogP contribution < -0.4 is 9.47 Å². The molecule has 1 aliphatic heterocycles. The van der Waals surface area contributed by atoms with E-state index in [0.717, 1.165) is 11.1 Å². The van der Waals surface area contributed by atoms with Crippen LogP contribution in [0.2, 0.25) is 5.02 Å². The monoisotopic (exact) mass is 256 g/mol. The van der Waals surface area contributed by atoms with Crippen molar-refractivity contribution < 1.29 is 14.6 Å². The molecule has 4 heteroatoms. The number of fused-ring (bicyclic) bond motifs is 1. The minimum Gasteiger partial charge on any atom is -0.486 e. The first-order valence-electron chi connectivity index (χ1n) is 5.67. The second kappa shape index (κ2) is 4.39. The highest BCUT2D eigenvalue weighted by Gasteiger charge is 2.28. The summed E-state index contributed by atoms with van der Waals surface area (Å²) in [4.78, 5) is 0. The van der Waals surface area contributed by atoms with Crippen molar-refractivity contribution in [2.75, 3.05) is 19.8 Å². The third kappa shape index (κ3) is 2.09. The fourth-order valence-electron chi connectivity index (χ4n) is 2.09. The number of hydrogen-bond acceptors (Lipinski definition) is 3. The third-order valence-corrected chi connectivity index (χ3v) is 3.42. The molecule has 0 bridgehead atoms.